The second kappa shape index (κ2) is 5.31. The fourth-order valence-corrected chi connectivity index (χ4v) is 1.84. The standard InChI is InChI=1S/C12H12FN3O2S/c1-15(19-2)16-7-10(11(14-16)12(17)18)8-3-5-9(13)6-4-8/h3-7H,1-2H3,(H,17,18). The Morgan fingerprint density at radius 3 is 2.58 bits per heavy atom. The molecular weight excluding hydrogens is 269 g/mol. The number of nitrogens with zero attached hydrogens (tertiary/aromatic N) is 3. The Hall–Kier alpha value is -2.02. The summed E-state index contributed by atoms with van der Waals surface area (Å²) in [5.41, 5.74) is 1.00. The van der Waals surface area contributed by atoms with Crippen molar-refractivity contribution in [3.05, 3.63) is 42.0 Å². The first kappa shape index (κ1) is 13.4. The Balaban J connectivity index is 2.51. The van der Waals surface area contributed by atoms with Crippen molar-refractivity contribution in [2.24, 2.45) is 0 Å². The van der Waals surface area contributed by atoms with Crippen molar-refractivity contribution in [2.75, 3.05) is 17.7 Å². The number of benzene rings is 1. The lowest BCUT2D eigenvalue weighted by Gasteiger charge is -2.13. The van der Waals surface area contributed by atoms with E-state index in [0.717, 1.165) is 0 Å². The summed E-state index contributed by atoms with van der Waals surface area (Å²) >= 11 is 1.39. The minimum Gasteiger partial charge on any atom is -0.476 e. The SMILES string of the molecule is CSN(C)n1cc(-c2ccc(F)cc2)c(C(=O)O)n1. The Labute approximate surface area is 113 Å². The highest BCUT2D eigenvalue weighted by Crippen LogP contribution is 2.24. The van der Waals surface area contributed by atoms with Gasteiger partial charge in [0.05, 0.1) is 6.20 Å². The number of rotatable bonds is 4. The first-order valence-electron chi connectivity index (χ1n) is 5.40. The zero-order valence-electron chi connectivity index (χ0n) is 10.4. The molecule has 0 atom stereocenters. The van der Waals surface area contributed by atoms with E-state index in [-0.39, 0.29) is 11.5 Å². The number of carbonyl (C=O) groups is 1. The molecule has 2 aromatic rings. The van der Waals surface area contributed by atoms with Crippen molar-refractivity contribution in [3.63, 3.8) is 0 Å². The predicted molar refractivity (Wildman–Crippen MR) is 72.2 cm³/mol. The van der Waals surface area contributed by atoms with Crippen LogP contribution in [0.2, 0.25) is 0 Å². The molecule has 0 fully saturated rings. The second-order valence-corrected chi connectivity index (χ2v) is 4.66. The van der Waals surface area contributed by atoms with E-state index < -0.39 is 5.97 Å². The molecule has 100 valence electrons. The first-order chi connectivity index (χ1) is 9.02. The van der Waals surface area contributed by atoms with E-state index >= 15 is 0 Å². The third kappa shape index (κ3) is 2.70. The van der Waals surface area contributed by atoms with E-state index in [1.54, 1.807) is 17.7 Å². The molecule has 0 spiro atoms. The van der Waals surface area contributed by atoms with Crippen LogP contribution in [0.5, 0.6) is 0 Å². The maximum absolute atomic E-state index is 12.9. The fourth-order valence-electron chi connectivity index (χ4n) is 1.59. The van der Waals surface area contributed by atoms with Gasteiger partial charge >= 0.3 is 5.97 Å². The van der Waals surface area contributed by atoms with Crippen molar-refractivity contribution >= 4 is 17.9 Å². The molecule has 5 nitrogen and oxygen atoms in total. The summed E-state index contributed by atoms with van der Waals surface area (Å²) in [5, 5.41) is 13.2. The number of aromatic carboxylic acids is 1. The van der Waals surface area contributed by atoms with Gasteiger partial charge in [-0.05, 0) is 29.6 Å². The fraction of sp³-hybridized carbons (Fsp3) is 0.167. The molecule has 0 bridgehead atoms. The number of hydrogen-bond acceptors (Lipinski definition) is 4. The van der Waals surface area contributed by atoms with Crippen molar-refractivity contribution in [1.29, 1.82) is 0 Å². The predicted octanol–water partition coefficient (Wildman–Crippen LogP) is 2.23. The lowest BCUT2D eigenvalue weighted by Crippen LogP contribution is -2.22. The molecule has 0 unspecified atom stereocenters. The minimum atomic E-state index is -1.12. The summed E-state index contributed by atoms with van der Waals surface area (Å²) in [6, 6.07) is 5.64. The molecule has 0 saturated carbocycles. The van der Waals surface area contributed by atoms with E-state index in [0.29, 0.717) is 11.1 Å². The number of halogens is 1. The van der Waals surface area contributed by atoms with Crippen LogP contribution in [-0.2, 0) is 0 Å². The normalized spacial score (nSPS) is 10.5. The molecule has 2 rings (SSSR count). The number of carboxylic acids is 1. The van der Waals surface area contributed by atoms with Crippen LogP contribution in [0.25, 0.3) is 11.1 Å². The van der Waals surface area contributed by atoms with Gasteiger partial charge in [0, 0.05) is 18.9 Å². The van der Waals surface area contributed by atoms with Gasteiger partial charge in [0.15, 0.2) is 5.69 Å². The molecule has 7 heteroatoms. The first-order valence-corrected chi connectivity index (χ1v) is 6.58. The summed E-state index contributed by atoms with van der Waals surface area (Å²) in [7, 11) is 1.76. The minimum absolute atomic E-state index is 0.0625. The zero-order chi connectivity index (χ0) is 14.0. The quantitative estimate of drug-likeness (QED) is 0.871. The van der Waals surface area contributed by atoms with Gasteiger partial charge < -0.3 is 5.11 Å². The number of aromatic nitrogens is 2. The third-order valence-electron chi connectivity index (χ3n) is 2.61. The van der Waals surface area contributed by atoms with Gasteiger partial charge in [0.2, 0.25) is 0 Å². The van der Waals surface area contributed by atoms with Crippen LogP contribution in [0.15, 0.2) is 30.5 Å². The van der Waals surface area contributed by atoms with Crippen LogP contribution in [0, 0.1) is 5.82 Å². The van der Waals surface area contributed by atoms with Crippen molar-refractivity contribution in [1.82, 2.24) is 9.89 Å². The van der Waals surface area contributed by atoms with Crippen molar-refractivity contribution < 1.29 is 14.3 Å². The molecular formula is C12H12FN3O2S. The average molecular weight is 281 g/mol. The molecule has 0 aliphatic rings. The van der Waals surface area contributed by atoms with Gasteiger partial charge in [-0.25, -0.2) is 13.6 Å². The number of carboxylic acid groups (broad SMARTS) is 1. The lowest BCUT2D eigenvalue weighted by molar-refractivity contribution is 0.0690. The van der Waals surface area contributed by atoms with Crippen molar-refractivity contribution in [2.45, 2.75) is 0 Å². The third-order valence-corrected chi connectivity index (χ3v) is 3.31. The smallest absolute Gasteiger partial charge is 0.357 e. The van der Waals surface area contributed by atoms with Crippen LogP contribution >= 0.6 is 11.9 Å². The molecule has 0 radical (unpaired) electrons. The maximum atomic E-state index is 12.9. The molecule has 0 amide bonds. The Morgan fingerprint density at radius 2 is 2.05 bits per heavy atom. The largest absolute Gasteiger partial charge is 0.476 e. The summed E-state index contributed by atoms with van der Waals surface area (Å²) in [5.74, 6) is -1.48. The van der Waals surface area contributed by atoms with Crippen molar-refractivity contribution in [3.8, 4) is 11.1 Å². The topological polar surface area (TPSA) is 58.4 Å². The van der Waals surface area contributed by atoms with Gasteiger partial charge in [-0.15, -0.1) is 5.10 Å². The summed E-state index contributed by atoms with van der Waals surface area (Å²) in [4.78, 5) is 12.6. The Bertz CT molecular complexity index is 598. The molecule has 1 aromatic heterocycles. The van der Waals surface area contributed by atoms with Gasteiger partial charge in [-0.2, -0.15) is 4.79 Å². The Morgan fingerprint density at radius 1 is 1.42 bits per heavy atom. The Kier molecular flexibility index (Phi) is 3.75. The maximum Gasteiger partial charge on any atom is 0.357 e. The zero-order valence-corrected chi connectivity index (χ0v) is 11.2. The molecule has 1 aromatic carbocycles. The number of hydrogen-bond donors (Lipinski definition) is 1. The van der Waals surface area contributed by atoms with Crippen LogP contribution in [0.1, 0.15) is 10.5 Å². The monoisotopic (exact) mass is 281 g/mol. The van der Waals surface area contributed by atoms with E-state index in [1.165, 1.54) is 41.0 Å². The highest BCUT2D eigenvalue weighted by Gasteiger charge is 2.18. The average Bonchev–Trinajstić information content (AvgIpc) is 2.84. The lowest BCUT2D eigenvalue weighted by atomic mass is 10.1. The summed E-state index contributed by atoms with van der Waals surface area (Å²) in [6.45, 7) is 0. The van der Waals surface area contributed by atoms with E-state index in [1.807, 2.05) is 6.26 Å². The van der Waals surface area contributed by atoms with Gasteiger partial charge in [-0.3, -0.25) is 0 Å². The molecule has 1 N–H and O–H groups in total. The van der Waals surface area contributed by atoms with Crippen LogP contribution in [0.4, 0.5) is 4.39 Å². The highest BCUT2D eigenvalue weighted by molar-refractivity contribution is 7.99. The summed E-state index contributed by atoms with van der Waals surface area (Å²) in [6.07, 6.45) is 3.45. The second-order valence-electron chi connectivity index (χ2n) is 3.77. The van der Waals surface area contributed by atoms with Gasteiger partial charge in [0.25, 0.3) is 0 Å². The van der Waals surface area contributed by atoms with E-state index in [2.05, 4.69) is 5.10 Å². The highest BCUT2D eigenvalue weighted by atomic mass is 32.2. The molecule has 0 saturated heterocycles. The van der Waals surface area contributed by atoms with Crippen LogP contribution in [-0.4, -0.2) is 34.3 Å². The summed E-state index contributed by atoms with van der Waals surface area (Å²) < 4.78 is 14.6. The van der Waals surface area contributed by atoms with Crippen LogP contribution in [0.3, 0.4) is 0 Å². The van der Waals surface area contributed by atoms with Gasteiger partial charge in [0.1, 0.15) is 5.82 Å². The molecule has 1 heterocycles. The molecule has 0 aliphatic carbocycles. The van der Waals surface area contributed by atoms with E-state index in [4.69, 9.17) is 0 Å². The molecule has 19 heavy (non-hydrogen) atoms. The van der Waals surface area contributed by atoms with Gasteiger partial charge in [-0.1, -0.05) is 12.1 Å². The molecule has 0 aliphatic heterocycles. The van der Waals surface area contributed by atoms with Crippen LogP contribution < -0.4 is 4.41 Å². The van der Waals surface area contributed by atoms with E-state index in [9.17, 15) is 14.3 Å².